The summed E-state index contributed by atoms with van der Waals surface area (Å²) in [5.74, 6) is -0.300. The number of benzene rings is 1. The highest BCUT2D eigenvalue weighted by atomic mass is 16.3. The standard InChI is InChI=1S/C12H15NO2/c1-9-4-3-5-11(8-9)6-7-12(15)13-10(2)14/h3-8,10,14H,1-2H3,(H,13,15)/b7-6+. The zero-order valence-electron chi connectivity index (χ0n) is 8.90. The summed E-state index contributed by atoms with van der Waals surface area (Å²) >= 11 is 0. The van der Waals surface area contributed by atoms with Crippen molar-refractivity contribution in [3.8, 4) is 0 Å². The van der Waals surface area contributed by atoms with E-state index in [0.29, 0.717) is 0 Å². The topological polar surface area (TPSA) is 49.3 Å². The second-order valence-corrected chi connectivity index (χ2v) is 3.43. The van der Waals surface area contributed by atoms with Gasteiger partial charge in [-0.3, -0.25) is 4.79 Å². The molecular weight excluding hydrogens is 190 g/mol. The lowest BCUT2D eigenvalue weighted by Crippen LogP contribution is -2.30. The summed E-state index contributed by atoms with van der Waals surface area (Å²) in [7, 11) is 0. The number of rotatable bonds is 3. The molecule has 3 nitrogen and oxygen atoms in total. The van der Waals surface area contributed by atoms with Crippen LogP contribution in [0.4, 0.5) is 0 Å². The quantitative estimate of drug-likeness (QED) is 0.580. The van der Waals surface area contributed by atoms with Crippen molar-refractivity contribution >= 4 is 12.0 Å². The first-order valence-corrected chi connectivity index (χ1v) is 4.81. The van der Waals surface area contributed by atoms with Crippen LogP contribution in [0.1, 0.15) is 18.1 Å². The first-order chi connectivity index (χ1) is 7.08. The van der Waals surface area contributed by atoms with Gasteiger partial charge in [0, 0.05) is 6.08 Å². The van der Waals surface area contributed by atoms with Crippen LogP contribution in [0, 0.1) is 6.92 Å². The lowest BCUT2D eigenvalue weighted by atomic mass is 10.1. The molecular formula is C12H15NO2. The number of aryl methyl sites for hydroxylation is 1. The molecule has 0 bridgehead atoms. The zero-order valence-corrected chi connectivity index (χ0v) is 8.90. The van der Waals surface area contributed by atoms with E-state index >= 15 is 0 Å². The Morgan fingerprint density at radius 2 is 2.27 bits per heavy atom. The van der Waals surface area contributed by atoms with Crippen molar-refractivity contribution in [1.82, 2.24) is 5.32 Å². The molecule has 80 valence electrons. The van der Waals surface area contributed by atoms with Gasteiger partial charge in [0.25, 0.3) is 0 Å². The minimum absolute atomic E-state index is 0.300. The molecule has 0 heterocycles. The second kappa shape index (κ2) is 5.32. The molecule has 1 aromatic rings. The van der Waals surface area contributed by atoms with Gasteiger partial charge < -0.3 is 10.4 Å². The maximum atomic E-state index is 11.2. The second-order valence-electron chi connectivity index (χ2n) is 3.43. The fourth-order valence-corrected chi connectivity index (χ4v) is 1.20. The van der Waals surface area contributed by atoms with Gasteiger partial charge in [-0.15, -0.1) is 0 Å². The van der Waals surface area contributed by atoms with Crippen LogP contribution in [0.3, 0.4) is 0 Å². The molecule has 0 aliphatic carbocycles. The molecule has 0 saturated carbocycles. The van der Waals surface area contributed by atoms with Gasteiger partial charge in [0.15, 0.2) is 0 Å². The van der Waals surface area contributed by atoms with E-state index in [1.165, 1.54) is 13.0 Å². The zero-order chi connectivity index (χ0) is 11.3. The average Bonchev–Trinajstić information content (AvgIpc) is 2.14. The van der Waals surface area contributed by atoms with E-state index < -0.39 is 6.23 Å². The highest BCUT2D eigenvalue weighted by Gasteiger charge is 1.98. The Labute approximate surface area is 89.4 Å². The molecule has 0 saturated heterocycles. The Balaban J connectivity index is 2.61. The summed E-state index contributed by atoms with van der Waals surface area (Å²) in [4.78, 5) is 11.2. The van der Waals surface area contributed by atoms with Crippen LogP contribution in [-0.2, 0) is 4.79 Å². The molecule has 1 atom stereocenters. The van der Waals surface area contributed by atoms with E-state index in [2.05, 4.69) is 5.32 Å². The van der Waals surface area contributed by atoms with Crippen LogP contribution >= 0.6 is 0 Å². The van der Waals surface area contributed by atoms with Gasteiger partial charge in [0.1, 0.15) is 6.23 Å². The number of carbonyl (C=O) groups excluding carboxylic acids is 1. The molecule has 1 aromatic carbocycles. The molecule has 2 N–H and O–H groups in total. The molecule has 0 aromatic heterocycles. The summed E-state index contributed by atoms with van der Waals surface area (Å²) in [6, 6.07) is 7.82. The van der Waals surface area contributed by atoms with E-state index in [1.807, 2.05) is 31.2 Å². The van der Waals surface area contributed by atoms with Crippen LogP contribution in [0.5, 0.6) is 0 Å². The van der Waals surface area contributed by atoms with Crippen LogP contribution in [0.15, 0.2) is 30.3 Å². The Morgan fingerprint density at radius 3 is 2.87 bits per heavy atom. The normalized spacial score (nSPS) is 12.7. The van der Waals surface area contributed by atoms with E-state index in [9.17, 15) is 4.79 Å². The molecule has 1 unspecified atom stereocenters. The SMILES string of the molecule is Cc1cccc(/C=C/C(=O)NC(C)O)c1. The van der Waals surface area contributed by atoms with Gasteiger partial charge in [-0.25, -0.2) is 0 Å². The first-order valence-electron chi connectivity index (χ1n) is 4.81. The van der Waals surface area contributed by atoms with Crippen molar-refractivity contribution in [3.63, 3.8) is 0 Å². The lowest BCUT2D eigenvalue weighted by molar-refractivity contribution is -0.118. The van der Waals surface area contributed by atoms with Crippen LogP contribution in [0.25, 0.3) is 6.08 Å². The fraction of sp³-hybridized carbons (Fsp3) is 0.250. The van der Waals surface area contributed by atoms with Gasteiger partial charge in [0.2, 0.25) is 5.91 Å². The largest absolute Gasteiger partial charge is 0.374 e. The molecule has 0 aliphatic heterocycles. The first kappa shape index (κ1) is 11.5. The number of hydrogen-bond donors (Lipinski definition) is 2. The Kier molecular flexibility index (Phi) is 4.06. The van der Waals surface area contributed by atoms with Crippen LogP contribution in [0.2, 0.25) is 0 Å². The van der Waals surface area contributed by atoms with E-state index in [0.717, 1.165) is 11.1 Å². The summed E-state index contributed by atoms with van der Waals surface area (Å²) < 4.78 is 0. The lowest BCUT2D eigenvalue weighted by Gasteiger charge is -2.03. The predicted octanol–water partition coefficient (Wildman–Crippen LogP) is 1.46. The van der Waals surface area contributed by atoms with Gasteiger partial charge in [-0.05, 0) is 25.5 Å². The maximum absolute atomic E-state index is 11.2. The third-order valence-corrected chi connectivity index (χ3v) is 1.82. The minimum Gasteiger partial charge on any atom is -0.374 e. The number of carbonyl (C=O) groups is 1. The summed E-state index contributed by atoms with van der Waals surface area (Å²) in [6.45, 7) is 3.49. The van der Waals surface area contributed by atoms with Crippen LogP contribution < -0.4 is 5.32 Å². The predicted molar refractivity (Wildman–Crippen MR) is 60.0 cm³/mol. The molecule has 1 amide bonds. The van der Waals surface area contributed by atoms with E-state index in [1.54, 1.807) is 6.08 Å². The molecule has 1 rings (SSSR count). The average molecular weight is 205 g/mol. The third kappa shape index (κ3) is 4.42. The van der Waals surface area contributed by atoms with Crippen molar-refractivity contribution in [1.29, 1.82) is 0 Å². The van der Waals surface area contributed by atoms with Crippen LogP contribution in [-0.4, -0.2) is 17.2 Å². The molecule has 0 spiro atoms. The van der Waals surface area contributed by atoms with E-state index in [-0.39, 0.29) is 5.91 Å². The Bertz CT molecular complexity index is 370. The molecule has 0 aliphatic rings. The number of nitrogens with one attached hydrogen (secondary N) is 1. The molecule has 0 radical (unpaired) electrons. The Morgan fingerprint density at radius 1 is 1.53 bits per heavy atom. The van der Waals surface area contributed by atoms with Crippen molar-refractivity contribution in [2.24, 2.45) is 0 Å². The van der Waals surface area contributed by atoms with E-state index in [4.69, 9.17) is 5.11 Å². The highest BCUT2D eigenvalue weighted by Crippen LogP contribution is 2.05. The number of amides is 1. The van der Waals surface area contributed by atoms with Gasteiger partial charge >= 0.3 is 0 Å². The smallest absolute Gasteiger partial charge is 0.245 e. The van der Waals surface area contributed by atoms with Gasteiger partial charge in [-0.2, -0.15) is 0 Å². The fourth-order valence-electron chi connectivity index (χ4n) is 1.20. The summed E-state index contributed by atoms with van der Waals surface area (Å²) in [6.07, 6.45) is 2.30. The van der Waals surface area contributed by atoms with Gasteiger partial charge in [0.05, 0.1) is 0 Å². The third-order valence-electron chi connectivity index (χ3n) is 1.82. The molecule has 15 heavy (non-hydrogen) atoms. The molecule has 3 heteroatoms. The minimum atomic E-state index is -0.820. The van der Waals surface area contributed by atoms with Crippen molar-refractivity contribution in [2.45, 2.75) is 20.1 Å². The number of hydrogen-bond acceptors (Lipinski definition) is 2. The van der Waals surface area contributed by atoms with Crippen molar-refractivity contribution in [2.75, 3.05) is 0 Å². The maximum Gasteiger partial charge on any atom is 0.245 e. The summed E-state index contributed by atoms with van der Waals surface area (Å²) in [5.41, 5.74) is 2.11. The number of aliphatic hydroxyl groups is 1. The Hall–Kier alpha value is -1.61. The van der Waals surface area contributed by atoms with Crippen molar-refractivity contribution < 1.29 is 9.90 Å². The summed E-state index contributed by atoms with van der Waals surface area (Å²) in [5, 5.41) is 11.3. The highest BCUT2D eigenvalue weighted by molar-refractivity contribution is 5.91. The molecule has 0 fully saturated rings. The van der Waals surface area contributed by atoms with Gasteiger partial charge in [-0.1, -0.05) is 29.8 Å². The monoisotopic (exact) mass is 205 g/mol. The van der Waals surface area contributed by atoms with Crippen molar-refractivity contribution in [3.05, 3.63) is 41.5 Å². The number of aliphatic hydroxyl groups excluding tert-OH is 1.